The van der Waals surface area contributed by atoms with Crippen molar-refractivity contribution in [1.82, 2.24) is 4.98 Å². The molecular formula is C9H13NO3S. The predicted octanol–water partition coefficient (Wildman–Crippen LogP) is 1.58. The molecule has 1 aromatic heterocycles. The molecule has 0 saturated heterocycles. The van der Waals surface area contributed by atoms with Crippen LogP contribution >= 0.6 is 11.3 Å². The molecule has 0 saturated carbocycles. The molecule has 0 aromatic carbocycles. The summed E-state index contributed by atoms with van der Waals surface area (Å²) >= 11 is 0.999. The van der Waals surface area contributed by atoms with E-state index in [9.17, 15) is 9.90 Å². The summed E-state index contributed by atoms with van der Waals surface area (Å²) in [6.07, 6.45) is 5.47. The van der Waals surface area contributed by atoms with Crippen LogP contribution in [0.4, 0.5) is 0 Å². The third kappa shape index (κ3) is 3.35. The first kappa shape index (κ1) is 11.0. The number of hydrogen-bond acceptors (Lipinski definition) is 4. The van der Waals surface area contributed by atoms with Crippen molar-refractivity contribution >= 4 is 17.4 Å². The summed E-state index contributed by atoms with van der Waals surface area (Å²) in [5.74, 6) is -0.0528. The zero-order valence-electron chi connectivity index (χ0n) is 7.95. The maximum atomic E-state index is 10.8. The Balaban J connectivity index is 2.43. The van der Waals surface area contributed by atoms with E-state index in [1.54, 1.807) is 13.2 Å². The minimum absolute atomic E-state index is 0.0528. The van der Waals surface area contributed by atoms with Crippen molar-refractivity contribution in [2.75, 3.05) is 13.7 Å². The normalized spacial score (nSPS) is 11.2. The lowest BCUT2D eigenvalue weighted by Gasteiger charge is -1.92. The van der Waals surface area contributed by atoms with Gasteiger partial charge >= 0.3 is 4.87 Å². The van der Waals surface area contributed by atoms with Crippen LogP contribution in [0.15, 0.2) is 10.9 Å². The lowest BCUT2D eigenvalue weighted by molar-refractivity contribution is 0.196. The van der Waals surface area contributed by atoms with Gasteiger partial charge in [-0.2, -0.15) is 0 Å². The molecule has 1 rings (SSSR count). The standard InChI is InChI=1S/C9H13NO3S/c1-13-6-4-2-3-5-7-8(11)10-9(12)14-7/h3,5,11H,2,4,6H2,1H3,(H,10,12)/b5-3+. The van der Waals surface area contributed by atoms with Crippen LogP contribution < -0.4 is 4.87 Å². The van der Waals surface area contributed by atoms with Gasteiger partial charge in [-0.05, 0) is 18.9 Å². The van der Waals surface area contributed by atoms with Crippen LogP contribution in [0.2, 0.25) is 0 Å². The summed E-state index contributed by atoms with van der Waals surface area (Å²) in [6.45, 7) is 0.722. The lowest BCUT2D eigenvalue weighted by atomic mass is 10.3. The minimum Gasteiger partial charge on any atom is -0.493 e. The van der Waals surface area contributed by atoms with E-state index in [2.05, 4.69) is 4.98 Å². The minimum atomic E-state index is -0.237. The van der Waals surface area contributed by atoms with Crippen molar-refractivity contribution in [3.8, 4) is 5.88 Å². The van der Waals surface area contributed by atoms with Gasteiger partial charge in [0.1, 0.15) is 0 Å². The second-order valence-electron chi connectivity index (χ2n) is 2.76. The van der Waals surface area contributed by atoms with E-state index in [4.69, 9.17) is 4.74 Å². The van der Waals surface area contributed by atoms with Gasteiger partial charge in [-0.3, -0.25) is 9.78 Å². The second kappa shape index (κ2) is 5.62. The van der Waals surface area contributed by atoms with Gasteiger partial charge in [0.15, 0.2) is 0 Å². The molecule has 0 atom stereocenters. The van der Waals surface area contributed by atoms with Gasteiger partial charge in [0.05, 0.1) is 4.88 Å². The summed E-state index contributed by atoms with van der Waals surface area (Å²) in [7, 11) is 1.66. The topological polar surface area (TPSA) is 62.3 Å². The molecule has 2 N–H and O–H groups in total. The summed E-state index contributed by atoms with van der Waals surface area (Å²) in [4.78, 5) is 13.4. The van der Waals surface area contributed by atoms with E-state index in [0.717, 1.165) is 30.8 Å². The van der Waals surface area contributed by atoms with E-state index < -0.39 is 0 Å². The number of H-pyrrole nitrogens is 1. The third-order valence-corrected chi connectivity index (χ3v) is 2.48. The van der Waals surface area contributed by atoms with Gasteiger partial charge in [-0.25, -0.2) is 0 Å². The molecule has 78 valence electrons. The summed E-state index contributed by atoms with van der Waals surface area (Å²) in [5.41, 5.74) is 0. The molecule has 5 heteroatoms. The Bertz CT molecular complexity index is 353. The second-order valence-corrected chi connectivity index (χ2v) is 3.78. The van der Waals surface area contributed by atoms with Crippen molar-refractivity contribution in [1.29, 1.82) is 0 Å². The van der Waals surface area contributed by atoms with E-state index in [1.807, 2.05) is 6.08 Å². The molecule has 0 aliphatic rings. The summed E-state index contributed by atoms with van der Waals surface area (Å²) in [5, 5.41) is 9.21. The van der Waals surface area contributed by atoms with Crippen LogP contribution in [0.25, 0.3) is 6.08 Å². The number of allylic oxidation sites excluding steroid dienone is 1. The molecule has 0 fully saturated rings. The average Bonchev–Trinajstić information content (AvgIpc) is 2.45. The molecule has 0 unspecified atom stereocenters. The van der Waals surface area contributed by atoms with Gasteiger partial charge in [0, 0.05) is 13.7 Å². The van der Waals surface area contributed by atoms with E-state index >= 15 is 0 Å². The Kier molecular flexibility index (Phi) is 4.42. The van der Waals surface area contributed by atoms with Gasteiger partial charge < -0.3 is 9.84 Å². The Labute approximate surface area is 85.9 Å². The molecule has 14 heavy (non-hydrogen) atoms. The van der Waals surface area contributed by atoms with E-state index in [0.29, 0.717) is 4.88 Å². The van der Waals surface area contributed by atoms with E-state index in [1.165, 1.54) is 0 Å². The Morgan fingerprint density at radius 1 is 1.64 bits per heavy atom. The molecule has 4 nitrogen and oxygen atoms in total. The first-order valence-electron chi connectivity index (χ1n) is 4.31. The Hall–Kier alpha value is -1.07. The number of thiazole rings is 1. The van der Waals surface area contributed by atoms with Crippen LogP contribution in [0.5, 0.6) is 5.88 Å². The average molecular weight is 215 g/mol. The molecule has 1 heterocycles. The van der Waals surface area contributed by atoms with Crippen LogP contribution in [-0.4, -0.2) is 23.8 Å². The first-order valence-corrected chi connectivity index (χ1v) is 5.13. The van der Waals surface area contributed by atoms with Gasteiger partial charge in [0.2, 0.25) is 5.88 Å². The fourth-order valence-electron chi connectivity index (χ4n) is 0.981. The fourth-order valence-corrected chi connectivity index (χ4v) is 1.64. The van der Waals surface area contributed by atoms with Crippen LogP contribution in [0.1, 0.15) is 17.7 Å². The molecule has 1 aromatic rings. The number of aromatic amines is 1. The number of rotatable bonds is 5. The van der Waals surface area contributed by atoms with Crippen LogP contribution in [0.3, 0.4) is 0 Å². The Morgan fingerprint density at radius 2 is 2.43 bits per heavy atom. The van der Waals surface area contributed by atoms with Crippen LogP contribution in [-0.2, 0) is 4.74 Å². The molecule has 0 spiro atoms. The quantitative estimate of drug-likeness (QED) is 0.733. The van der Waals surface area contributed by atoms with Crippen molar-refractivity contribution in [3.05, 3.63) is 20.6 Å². The highest BCUT2D eigenvalue weighted by molar-refractivity contribution is 7.10. The number of ether oxygens (including phenoxy) is 1. The van der Waals surface area contributed by atoms with Gasteiger partial charge in [-0.15, -0.1) is 0 Å². The number of unbranched alkanes of at least 4 members (excludes halogenated alkanes) is 1. The maximum Gasteiger partial charge on any atom is 0.307 e. The largest absolute Gasteiger partial charge is 0.493 e. The molecular weight excluding hydrogens is 202 g/mol. The number of methoxy groups -OCH3 is 1. The molecule has 0 radical (unpaired) electrons. The zero-order chi connectivity index (χ0) is 10.4. The van der Waals surface area contributed by atoms with E-state index in [-0.39, 0.29) is 10.8 Å². The number of nitrogens with one attached hydrogen (secondary N) is 1. The SMILES string of the molecule is COCCC/C=C/c1sc(=O)[nH]c1O. The molecule has 0 aliphatic carbocycles. The van der Waals surface area contributed by atoms with Crippen molar-refractivity contribution in [2.24, 2.45) is 0 Å². The molecule has 0 aliphatic heterocycles. The lowest BCUT2D eigenvalue weighted by Crippen LogP contribution is -1.89. The Morgan fingerprint density at radius 3 is 3.00 bits per heavy atom. The highest BCUT2D eigenvalue weighted by Gasteiger charge is 2.01. The summed E-state index contributed by atoms with van der Waals surface area (Å²) < 4.78 is 4.89. The molecule has 0 amide bonds. The smallest absolute Gasteiger partial charge is 0.307 e. The van der Waals surface area contributed by atoms with Crippen molar-refractivity contribution < 1.29 is 9.84 Å². The highest BCUT2D eigenvalue weighted by atomic mass is 32.1. The molecule has 0 bridgehead atoms. The summed E-state index contributed by atoms with van der Waals surface area (Å²) in [6, 6.07) is 0. The zero-order valence-corrected chi connectivity index (χ0v) is 8.76. The number of hydrogen-bond donors (Lipinski definition) is 2. The monoisotopic (exact) mass is 215 g/mol. The van der Waals surface area contributed by atoms with Crippen molar-refractivity contribution in [3.63, 3.8) is 0 Å². The maximum absolute atomic E-state index is 10.8. The van der Waals surface area contributed by atoms with Crippen LogP contribution in [0, 0.1) is 0 Å². The predicted molar refractivity (Wildman–Crippen MR) is 56.7 cm³/mol. The fraction of sp³-hybridized carbons (Fsp3) is 0.444. The third-order valence-electron chi connectivity index (χ3n) is 1.64. The highest BCUT2D eigenvalue weighted by Crippen LogP contribution is 2.17. The van der Waals surface area contributed by atoms with Crippen molar-refractivity contribution in [2.45, 2.75) is 12.8 Å². The number of aromatic nitrogens is 1. The van der Waals surface area contributed by atoms with Gasteiger partial charge in [0.25, 0.3) is 0 Å². The number of aromatic hydroxyl groups is 1. The first-order chi connectivity index (χ1) is 6.74. The van der Waals surface area contributed by atoms with Gasteiger partial charge in [-0.1, -0.05) is 17.4 Å².